The first-order valence-corrected chi connectivity index (χ1v) is 19.6. The predicted molar refractivity (Wildman–Crippen MR) is 191 cm³/mol. The van der Waals surface area contributed by atoms with E-state index in [1.165, 1.54) is 148 Å². The molecule has 0 aliphatic rings. The van der Waals surface area contributed by atoms with Crippen molar-refractivity contribution in [2.45, 2.75) is 233 Å². The van der Waals surface area contributed by atoms with E-state index in [-0.39, 0.29) is 18.0 Å². The van der Waals surface area contributed by atoms with Crippen molar-refractivity contribution in [2.75, 3.05) is 6.61 Å². The van der Waals surface area contributed by atoms with Crippen LogP contribution < -0.4 is 10.6 Å². The van der Waals surface area contributed by atoms with E-state index in [2.05, 4.69) is 24.5 Å². The van der Waals surface area contributed by atoms with Gasteiger partial charge in [-0.05, 0) is 33.1 Å². The molecule has 2 N–H and O–H groups in total. The molecule has 5 nitrogen and oxygen atoms in total. The van der Waals surface area contributed by atoms with Gasteiger partial charge in [0.1, 0.15) is 5.54 Å². The fraction of sp³-hybridized carbons (Fsp3) is 0.949. The van der Waals surface area contributed by atoms with Crippen molar-refractivity contribution in [1.82, 2.24) is 10.6 Å². The Morgan fingerprint density at radius 2 is 0.864 bits per heavy atom. The zero-order valence-corrected chi connectivity index (χ0v) is 30.5. The number of hydrogen-bond donors (Lipinski definition) is 2. The van der Waals surface area contributed by atoms with Gasteiger partial charge in [-0.2, -0.15) is 0 Å². The third-order valence-electron chi connectivity index (χ3n) is 9.03. The Labute approximate surface area is 275 Å². The average molecular weight is 623 g/mol. The van der Waals surface area contributed by atoms with Gasteiger partial charge in [0.05, 0.1) is 12.8 Å². The topological polar surface area (TPSA) is 67.4 Å². The summed E-state index contributed by atoms with van der Waals surface area (Å²) in [5.74, 6) is -0.171. The van der Waals surface area contributed by atoms with E-state index < -0.39 is 5.54 Å². The minimum Gasteiger partial charge on any atom is -0.464 e. The minimum absolute atomic E-state index is 0.0692. The summed E-state index contributed by atoms with van der Waals surface area (Å²) in [6.07, 6.45) is 36.4. The summed E-state index contributed by atoms with van der Waals surface area (Å²) in [4.78, 5) is 25.3. The lowest BCUT2D eigenvalue weighted by Crippen LogP contribution is -2.57. The van der Waals surface area contributed by atoms with Crippen molar-refractivity contribution >= 4 is 11.9 Å². The van der Waals surface area contributed by atoms with Crippen LogP contribution in [0.3, 0.4) is 0 Å². The van der Waals surface area contributed by atoms with Gasteiger partial charge in [-0.1, -0.05) is 181 Å². The first kappa shape index (κ1) is 42.9. The van der Waals surface area contributed by atoms with Crippen LogP contribution in [0.5, 0.6) is 0 Å². The summed E-state index contributed by atoms with van der Waals surface area (Å²) in [7, 11) is 0. The van der Waals surface area contributed by atoms with E-state index in [1.807, 2.05) is 20.8 Å². The Bertz CT molecular complexity index is 637. The molecule has 0 rings (SSSR count). The predicted octanol–water partition coefficient (Wildman–Crippen LogP) is 11.7. The van der Waals surface area contributed by atoms with Crippen LogP contribution in [0.4, 0.5) is 0 Å². The van der Waals surface area contributed by atoms with Crippen LogP contribution in [-0.4, -0.2) is 30.2 Å². The maximum atomic E-state index is 12.7. The van der Waals surface area contributed by atoms with Crippen molar-refractivity contribution < 1.29 is 14.3 Å². The van der Waals surface area contributed by atoms with Gasteiger partial charge < -0.3 is 10.1 Å². The minimum atomic E-state index is -0.834. The lowest BCUT2D eigenvalue weighted by atomic mass is 10.0. The van der Waals surface area contributed by atoms with Gasteiger partial charge in [-0.25, -0.2) is 0 Å². The molecular weight excluding hydrogens is 544 g/mol. The summed E-state index contributed by atoms with van der Waals surface area (Å²) < 4.78 is 5.60. The number of carbonyl (C=O) groups excluding carboxylic acids is 2. The Morgan fingerprint density at radius 1 is 0.523 bits per heavy atom. The van der Waals surface area contributed by atoms with E-state index >= 15 is 0 Å². The van der Waals surface area contributed by atoms with Gasteiger partial charge in [0.2, 0.25) is 5.91 Å². The highest BCUT2D eigenvalue weighted by atomic mass is 16.5. The normalized spacial score (nSPS) is 12.4. The third-order valence-corrected chi connectivity index (χ3v) is 9.03. The molecule has 1 atom stereocenters. The number of ether oxygens (including phenoxy) is 1. The molecule has 5 heteroatoms. The molecule has 1 amide bonds. The van der Waals surface area contributed by atoms with Crippen LogP contribution in [0.1, 0.15) is 221 Å². The fourth-order valence-electron chi connectivity index (χ4n) is 5.95. The zero-order chi connectivity index (χ0) is 32.6. The molecule has 0 fully saturated rings. The first-order valence-electron chi connectivity index (χ1n) is 19.6. The van der Waals surface area contributed by atoms with E-state index in [9.17, 15) is 9.59 Å². The summed E-state index contributed by atoms with van der Waals surface area (Å²) in [6.45, 7) is 10.7. The molecule has 0 heterocycles. The highest BCUT2D eigenvalue weighted by Gasteiger charge is 2.31. The Hall–Kier alpha value is -1.10. The van der Waals surface area contributed by atoms with Crippen LogP contribution in [0.2, 0.25) is 0 Å². The van der Waals surface area contributed by atoms with Gasteiger partial charge in [0.15, 0.2) is 0 Å². The van der Waals surface area contributed by atoms with Gasteiger partial charge >= 0.3 is 5.97 Å². The molecule has 0 saturated carbocycles. The smallest absolute Gasteiger partial charge is 0.325 e. The largest absolute Gasteiger partial charge is 0.464 e. The molecule has 1 unspecified atom stereocenters. The summed E-state index contributed by atoms with van der Waals surface area (Å²) in [5.41, 5.74) is -0.834. The maximum absolute atomic E-state index is 12.7. The number of hydrogen-bond acceptors (Lipinski definition) is 4. The molecule has 0 aromatic carbocycles. The molecule has 0 bridgehead atoms. The van der Waals surface area contributed by atoms with Crippen molar-refractivity contribution in [2.24, 2.45) is 0 Å². The first-order chi connectivity index (χ1) is 21.4. The molecule has 0 aromatic rings. The van der Waals surface area contributed by atoms with Crippen molar-refractivity contribution in [3.05, 3.63) is 0 Å². The molecule has 44 heavy (non-hydrogen) atoms. The highest BCUT2D eigenvalue weighted by molar-refractivity contribution is 5.80. The number of amides is 1. The molecule has 0 radical (unpaired) electrons. The lowest BCUT2D eigenvalue weighted by Gasteiger charge is -2.30. The number of nitrogens with one attached hydrogen (secondary N) is 2. The summed E-state index contributed by atoms with van der Waals surface area (Å²) >= 11 is 0. The molecule has 0 aromatic heterocycles. The molecule has 262 valence electrons. The average Bonchev–Trinajstić information content (AvgIpc) is 3.00. The van der Waals surface area contributed by atoms with Crippen LogP contribution in [0, 0.1) is 0 Å². The SMILES string of the molecule is CCCCCCCCCCCCCCCCCC(=O)NC(CC)NC(C)(C)C(=O)OCCCCCCCCCCCCCC. The van der Waals surface area contributed by atoms with Crippen molar-refractivity contribution in [3.63, 3.8) is 0 Å². The molecule has 0 aliphatic carbocycles. The van der Waals surface area contributed by atoms with Crippen LogP contribution in [0.15, 0.2) is 0 Å². The zero-order valence-electron chi connectivity index (χ0n) is 30.5. The van der Waals surface area contributed by atoms with Gasteiger partial charge in [0, 0.05) is 6.42 Å². The second-order valence-corrected chi connectivity index (χ2v) is 14.0. The van der Waals surface area contributed by atoms with Crippen LogP contribution >= 0.6 is 0 Å². The monoisotopic (exact) mass is 623 g/mol. The van der Waals surface area contributed by atoms with Crippen molar-refractivity contribution in [1.29, 1.82) is 0 Å². The lowest BCUT2D eigenvalue weighted by molar-refractivity contribution is -0.151. The van der Waals surface area contributed by atoms with Gasteiger partial charge in [-0.3, -0.25) is 14.9 Å². The highest BCUT2D eigenvalue weighted by Crippen LogP contribution is 2.15. The number of esters is 1. The Morgan fingerprint density at radius 3 is 1.23 bits per heavy atom. The molecule has 0 aliphatic heterocycles. The number of rotatable bonds is 34. The Balaban J connectivity index is 3.77. The van der Waals surface area contributed by atoms with Crippen LogP contribution in [0.25, 0.3) is 0 Å². The fourth-order valence-corrected chi connectivity index (χ4v) is 5.95. The number of unbranched alkanes of at least 4 members (excludes halogenated alkanes) is 25. The van der Waals surface area contributed by atoms with Crippen molar-refractivity contribution in [3.8, 4) is 0 Å². The molecule has 0 spiro atoms. The molecular formula is C39H78N2O3. The molecule has 0 saturated heterocycles. The van der Waals surface area contributed by atoms with Crippen LogP contribution in [-0.2, 0) is 14.3 Å². The van der Waals surface area contributed by atoms with Gasteiger partial charge in [0.25, 0.3) is 0 Å². The third kappa shape index (κ3) is 28.4. The maximum Gasteiger partial charge on any atom is 0.325 e. The van der Waals surface area contributed by atoms with E-state index in [4.69, 9.17) is 4.74 Å². The second kappa shape index (κ2) is 31.9. The summed E-state index contributed by atoms with van der Waals surface area (Å²) in [5, 5.41) is 6.40. The Kier molecular flexibility index (Phi) is 31.1. The number of carbonyl (C=O) groups is 2. The van der Waals surface area contributed by atoms with E-state index in [0.717, 1.165) is 32.1 Å². The standard InChI is InChI=1S/C39H78N2O3/c1-6-9-11-13-15-17-19-21-22-23-24-26-28-30-32-34-37(42)40-36(8-3)41-39(4,5)38(43)44-35-33-31-29-27-25-20-18-16-14-12-10-7-2/h36,41H,6-35H2,1-5H3,(H,40,42). The summed E-state index contributed by atoms with van der Waals surface area (Å²) in [6, 6.07) is 0. The van der Waals surface area contributed by atoms with E-state index in [1.54, 1.807) is 0 Å². The quantitative estimate of drug-likeness (QED) is 0.0425. The van der Waals surface area contributed by atoms with Gasteiger partial charge in [-0.15, -0.1) is 0 Å². The second-order valence-electron chi connectivity index (χ2n) is 14.0. The van der Waals surface area contributed by atoms with E-state index in [0.29, 0.717) is 13.0 Å².